The Hall–Kier alpha value is -2.54. The Morgan fingerprint density at radius 2 is 1.52 bits per heavy atom. The summed E-state index contributed by atoms with van der Waals surface area (Å²) in [6.07, 6.45) is 0. The molecule has 0 aliphatic rings. The van der Waals surface area contributed by atoms with Crippen LogP contribution in [0.25, 0.3) is 0 Å². The van der Waals surface area contributed by atoms with Crippen molar-refractivity contribution in [3.05, 3.63) is 52.0 Å². The molecule has 0 atom stereocenters. The summed E-state index contributed by atoms with van der Waals surface area (Å²) in [7, 11) is 3.01. The van der Waals surface area contributed by atoms with Crippen LogP contribution in [0.3, 0.4) is 0 Å². The zero-order chi connectivity index (χ0) is 17.0. The number of rotatable bonds is 5. The fourth-order valence-corrected chi connectivity index (χ4v) is 2.47. The first-order valence-electron chi connectivity index (χ1n) is 6.59. The number of ether oxygens (including phenoxy) is 2. The van der Waals surface area contributed by atoms with E-state index in [1.807, 2.05) is 0 Å². The molecular formula is C16H15BrN2O4. The lowest BCUT2D eigenvalue weighted by Crippen LogP contribution is -2.13. The van der Waals surface area contributed by atoms with Gasteiger partial charge in [0.1, 0.15) is 16.0 Å². The van der Waals surface area contributed by atoms with Crippen LogP contribution < -0.4 is 20.5 Å². The highest BCUT2D eigenvalue weighted by Crippen LogP contribution is 2.35. The summed E-state index contributed by atoms with van der Waals surface area (Å²) in [5.74, 6) is 0.114. The van der Waals surface area contributed by atoms with Gasteiger partial charge in [0.15, 0.2) is 0 Å². The van der Waals surface area contributed by atoms with Gasteiger partial charge in [-0.3, -0.25) is 9.59 Å². The summed E-state index contributed by atoms with van der Waals surface area (Å²) in [5.41, 5.74) is 6.46. The minimum atomic E-state index is -0.523. The summed E-state index contributed by atoms with van der Waals surface area (Å²) >= 11 is 3.35. The van der Waals surface area contributed by atoms with Crippen molar-refractivity contribution in [3.8, 4) is 11.5 Å². The highest BCUT2D eigenvalue weighted by molar-refractivity contribution is 9.10. The SMILES string of the molecule is COc1cc(C(=O)Nc2ccc(C(N)=O)cc2)cc(OC)c1Br. The first-order valence-corrected chi connectivity index (χ1v) is 7.38. The van der Waals surface area contributed by atoms with Gasteiger partial charge in [-0.15, -0.1) is 0 Å². The molecule has 0 fully saturated rings. The third-order valence-electron chi connectivity index (χ3n) is 3.14. The molecule has 2 amide bonds. The van der Waals surface area contributed by atoms with E-state index in [0.29, 0.717) is 32.8 Å². The van der Waals surface area contributed by atoms with E-state index in [0.717, 1.165) is 0 Å². The van der Waals surface area contributed by atoms with Crippen LogP contribution in [0, 0.1) is 0 Å². The van der Waals surface area contributed by atoms with Crippen LogP contribution in [-0.2, 0) is 0 Å². The van der Waals surface area contributed by atoms with Crippen molar-refractivity contribution in [3.63, 3.8) is 0 Å². The number of primary amides is 1. The number of halogens is 1. The van der Waals surface area contributed by atoms with Crippen LogP contribution in [0.15, 0.2) is 40.9 Å². The smallest absolute Gasteiger partial charge is 0.255 e. The Kier molecular flexibility index (Phi) is 5.23. The quantitative estimate of drug-likeness (QED) is 0.836. The summed E-state index contributed by atoms with van der Waals surface area (Å²) < 4.78 is 11.1. The molecular weight excluding hydrogens is 364 g/mol. The molecule has 3 N–H and O–H groups in total. The second-order valence-corrected chi connectivity index (χ2v) is 5.38. The number of nitrogens with two attached hydrogens (primary N) is 1. The topological polar surface area (TPSA) is 90.6 Å². The third kappa shape index (κ3) is 3.81. The molecule has 23 heavy (non-hydrogen) atoms. The van der Waals surface area contributed by atoms with Crippen LogP contribution in [-0.4, -0.2) is 26.0 Å². The molecule has 6 nitrogen and oxygen atoms in total. The van der Waals surface area contributed by atoms with Gasteiger partial charge in [-0.1, -0.05) is 0 Å². The van der Waals surface area contributed by atoms with Crippen LogP contribution in [0.5, 0.6) is 11.5 Å². The van der Waals surface area contributed by atoms with E-state index in [1.54, 1.807) is 36.4 Å². The maximum absolute atomic E-state index is 12.4. The lowest BCUT2D eigenvalue weighted by Gasteiger charge is -2.12. The van der Waals surface area contributed by atoms with Crippen LogP contribution >= 0.6 is 15.9 Å². The Labute approximate surface area is 141 Å². The van der Waals surface area contributed by atoms with Crippen molar-refractivity contribution in [2.24, 2.45) is 5.73 Å². The van der Waals surface area contributed by atoms with Gasteiger partial charge in [-0.05, 0) is 52.3 Å². The van der Waals surface area contributed by atoms with E-state index in [4.69, 9.17) is 15.2 Å². The Morgan fingerprint density at radius 3 is 1.96 bits per heavy atom. The predicted molar refractivity (Wildman–Crippen MR) is 90.2 cm³/mol. The predicted octanol–water partition coefficient (Wildman–Crippen LogP) is 2.82. The lowest BCUT2D eigenvalue weighted by atomic mass is 10.1. The number of benzene rings is 2. The summed E-state index contributed by atoms with van der Waals surface area (Å²) in [5, 5.41) is 2.73. The number of carbonyl (C=O) groups excluding carboxylic acids is 2. The van der Waals surface area contributed by atoms with Crippen molar-refractivity contribution in [1.82, 2.24) is 0 Å². The summed E-state index contributed by atoms with van der Waals surface area (Å²) in [4.78, 5) is 23.4. The number of hydrogen-bond acceptors (Lipinski definition) is 4. The van der Waals surface area contributed by atoms with Crippen molar-refractivity contribution >= 4 is 33.4 Å². The molecule has 0 heterocycles. The van der Waals surface area contributed by atoms with Crippen molar-refractivity contribution in [2.75, 3.05) is 19.5 Å². The summed E-state index contributed by atoms with van der Waals surface area (Å²) in [6, 6.07) is 9.48. The molecule has 0 aromatic heterocycles. The number of methoxy groups -OCH3 is 2. The average Bonchev–Trinajstić information content (AvgIpc) is 2.55. The van der Waals surface area contributed by atoms with Gasteiger partial charge >= 0.3 is 0 Å². The zero-order valence-corrected chi connectivity index (χ0v) is 14.1. The van der Waals surface area contributed by atoms with Crippen molar-refractivity contribution in [2.45, 2.75) is 0 Å². The molecule has 0 saturated heterocycles. The van der Waals surface area contributed by atoms with Crippen LogP contribution in [0.4, 0.5) is 5.69 Å². The van der Waals surface area contributed by atoms with E-state index in [2.05, 4.69) is 21.2 Å². The maximum atomic E-state index is 12.4. The highest BCUT2D eigenvalue weighted by atomic mass is 79.9. The zero-order valence-electron chi connectivity index (χ0n) is 12.6. The van der Waals surface area contributed by atoms with E-state index >= 15 is 0 Å². The number of anilines is 1. The summed E-state index contributed by atoms with van der Waals surface area (Å²) in [6.45, 7) is 0. The molecule has 0 bridgehead atoms. The van der Waals surface area contributed by atoms with E-state index in [-0.39, 0.29) is 5.91 Å². The van der Waals surface area contributed by atoms with Crippen molar-refractivity contribution < 1.29 is 19.1 Å². The van der Waals surface area contributed by atoms with Gasteiger partial charge in [0.25, 0.3) is 5.91 Å². The minimum Gasteiger partial charge on any atom is -0.495 e. The van der Waals surface area contributed by atoms with Gasteiger partial charge in [0.2, 0.25) is 5.91 Å². The Bertz CT molecular complexity index is 719. The number of carbonyl (C=O) groups is 2. The third-order valence-corrected chi connectivity index (χ3v) is 3.92. The molecule has 120 valence electrons. The molecule has 0 aliphatic carbocycles. The fourth-order valence-electron chi connectivity index (χ4n) is 1.92. The molecule has 0 radical (unpaired) electrons. The van der Waals surface area contributed by atoms with E-state index < -0.39 is 5.91 Å². The lowest BCUT2D eigenvalue weighted by molar-refractivity contribution is 0.0998. The first-order chi connectivity index (χ1) is 11.0. The molecule has 0 saturated carbocycles. The normalized spacial score (nSPS) is 10.0. The Morgan fingerprint density at radius 1 is 1.00 bits per heavy atom. The largest absolute Gasteiger partial charge is 0.495 e. The second kappa shape index (κ2) is 7.15. The number of nitrogens with one attached hydrogen (secondary N) is 1. The monoisotopic (exact) mass is 378 g/mol. The van der Waals surface area contributed by atoms with E-state index in [9.17, 15) is 9.59 Å². The first kappa shape index (κ1) is 16.8. The maximum Gasteiger partial charge on any atom is 0.255 e. The fraction of sp³-hybridized carbons (Fsp3) is 0.125. The molecule has 0 spiro atoms. The number of amides is 2. The van der Waals surface area contributed by atoms with E-state index in [1.165, 1.54) is 14.2 Å². The average molecular weight is 379 g/mol. The number of hydrogen-bond donors (Lipinski definition) is 2. The molecule has 2 aromatic rings. The molecule has 7 heteroatoms. The Balaban J connectivity index is 2.25. The minimum absolute atomic E-state index is 0.332. The van der Waals surface area contributed by atoms with Gasteiger partial charge in [-0.2, -0.15) is 0 Å². The van der Waals surface area contributed by atoms with Crippen molar-refractivity contribution in [1.29, 1.82) is 0 Å². The van der Waals surface area contributed by atoms with Gasteiger partial charge in [-0.25, -0.2) is 0 Å². The molecule has 0 unspecified atom stereocenters. The molecule has 2 aromatic carbocycles. The van der Waals surface area contributed by atoms with Gasteiger partial charge in [0, 0.05) is 16.8 Å². The molecule has 2 rings (SSSR count). The molecule has 0 aliphatic heterocycles. The van der Waals surface area contributed by atoms with Crippen LogP contribution in [0.1, 0.15) is 20.7 Å². The van der Waals surface area contributed by atoms with Crippen LogP contribution in [0.2, 0.25) is 0 Å². The van der Waals surface area contributed by atoms with Gasteiger partial charge < -0.3 is 20.5 Å². The highest BCUT2D eigenvalue weighted by Gasteiger charge is 2.15. The second-order valence-electron chi connectivity index (χ2n) is 4.59. The van der Waals surface area contributed by atoms with Gasteiger partial charge in [0.05, 0.1) is 14.2 Å². The standard InChI is InChI=1S/C16H15BrN2O4/c1-22-12-7-10(8-13(23-2)14(12)17)16(21)19-11-5-3-9(4-6-11)15(18)20/h3-8H,1-2H3,(H2,18,20)(H,19,21).